The molecule has 0 bridgehead atoms. The van der Waals surface area contributed by atoms with E-state index in [4.69, 9.17) is 13.9 Å². The second-order valence-electron chi connectivity index (χ2n) is 4.98. The lowest BCUT2D eigenvalue weighted by Gasteiger charge is -2.17. The molecule has 5 heteroatoms. The smallest absolute Gasteiger partial charge is 0.163 e. The molecule has 114 valence electrons. The first kappa shape index (κ1) is 15.4. The highest BCUT2D eigenvalue weighted by Crippen LogP contribution is 2.30. The van der Waals surface area contributed by atoms with Crippen molar-refractivity contribution in [3.63, 3.8) is 0 Å². The second-order valence-corrected chi connectivity index (χ2v) is 4.98. The lowest BCUT2D eigenvalue weighted by Crippen LogP contribution is -2.17. The predicted molar refractivity (Wildman–Crippen MR) is 78.1 cm³/mol. The van der Waals surface area contributed by atoms with Gasteiger partial charge in [0.2, 0.25) is 0 Å². The van der Waals surface area contributed by atoms with Crippen LogP contribution in [0.25, 0.3) is 0 Å². The minimum Gasteiger partial charge on any atom is -0.493 e. The lowest BCUT2D eigenvalue weighted by atomic mass is 10.1. The van der Waals surface area contributed by atoms with Gasteiger partial charge in [0.15, 0.2) is 11.5 Å². The average molecular weight is 293 g/mol. The van der Waals surface area contributed by atoms with Crippen LogP contribution < -0.4 is 9.47 Å². The van der Waals surface area contributed by atoms with Crippen molar-refractivity contribution in [2.75, 3.05) is 21.3 Å². The maximum atomic E-state index is 14.1. The van der Waals surface area contributed by atoms with Crippen molar-refractivity contribution in [1.29, 1.82) is 0 Å². The van der Waals surface area contributed by atoms with Crippen molar-refractivity contribution in [2.45, 2.75) is 20.0 Å². The molecule has 0 N–H and O–H groups in total. The van der Waals surface area contributed by atoms with E-state index in [0.29, 0.717) is 30.2 Å². The summed E-state index contributed by atoms with van der Waals surface area (Å²) in [5.41, 5.74) is 0.554. The summed E-state index contributed by atoms with van der Waals surface area (Å²) in [6.07, 6.45) is 0. The van der Waals surface area contributed by atoms with Gasteiger partial charge in [-0.2, -0.15) is 0 Å². The molecule has 1 aromatic heterocycles. The number of benzene rings is 1. The maximum Gasteiger partial charge on any atom is 0.163 e. The van der Waals surface area contributed by atoms with E-state index in [0.717, 1.165) is 11.5 Å². The zero-order valence-electron chi connectivity index (χ0n) is 12.8. The van der Waals surface area contributed by atoms with Crippen LogP contribution in [0.3, 0.4) is 0 Å². The number of aryl methyl sites for hydroxylation is 1. The molecule has 0 saturated heterocycles. The molecule has 1 aromatic carbocycles. The molecule has 1 heterocycles. The molecule has 0 fully saturated rings. The van der Waals surface area contributed by atoms with Crippen LogP contribution in [0.15, 0.2) is 28.7 Å². The number of methoxy groups -OCH3 is 2. The third-order valence-corrected chi connectivity index (χ3v) is 3.21. The van der Waals surface area contributed by atoms with E-state index < -0.39 is 0 Å². The van der Waals surface area contributed by atoms with E-state index in [9.17, 15) is 4.39 Å². The molecule has 0 unspecified atom stereocenters. The molecule has 0 aliphatic carbocycles. The summed E-state index contributed by atoms with van der Waals surface area (Å²) in [6.45, 7) is 2.96. The maximum absolute atomic E-state index is 14.1. The van der Waals surface area contributed by atoms with Gasteiger partial charge in [-0.3, -0.25) is 4.90 Å². The zero-order chi connectivity index (χ0) is 15.4. The van der Waals surface area contributed by atoms with Gasteiger partial charge in [0.25, 0.3) is 0 Å². The summed E-state index contributed by atoms with van der Waals surface area (Å²) in [5, 5.41) is 0. The molecule has 0 radical (unpaired) electrons. The van der Waals surface area contributed by atoms with Gasteiger partial charge in [0.1, 0.15) is 17.3 Å². The van der Waals surface area contributed by atoms with Crippen LogP contribution in [0, 0.1) is 12.7 Å². The van der Waals surface area contributed by atoms with Crippen molar-refractivity contribution in [3.05, 3.63) is 47.2 Å². The van der Waals surface area contributed by atoms with E-state index in [2.05, 4.69) is 0 Å². The molecule has 0 amide bonds. The van der Waals surface area contributed by atoms with Gasteiger partial charge in [0.05, 0.1) is 20.8 Å². The fourth-order valence-electron chi connectivity index (χ4n) is 2.20. The molecule has 21 heavy (non-hydrogen) atoms. The van der Waals surface area contributed by atoms with Crippen LogP contribution in [-0.2, 0) is 13.1 Å². The summed E-state index contributed by atoms with van der Waals surface area (Å²) in [7, 11) is 4.94. The van der Waals surface area contributed by atoms with Crippen LogP contribution >= 0.6 is 0 Å². The Hall–Kier alpha value is -2.01. The fraction of sp³-hybridized carbons (Fsp3) is 0.375. The van der Waals surface area contributed by atoms with Gasteiger partial charge in [0, 0.05) is 18.2 Å². The molecule has 2 aromatic rings. The third-order valence-electron chi connectivity index (χ3n) is 3.21. The molecular weight excluding hydrogens is 273 g/mol. The number of nitrogens with zero attached hydrogens (tertiary/aromatic N) is 1. The first-order valence-corrected chi connectivity index (χ1v) is 6.67. The van der Waals surface area contributed by atoms with Crippen molar-refractivity contribution in [2.24, 2.45) is 0 Å². The van der Waals surface area contributed by atoms with Crippen molar-refractivity contribution >= 4 is 0 Å². The normalized spacial score (nSPS) is 11.0. The Morgan fingerprint density at radius 3 is 2.33 bits per heavy atom. The summed E-state index contributed by atoms with van der Waals surface area (Å²) >= 11 is 0. The Morgan fingerprint density at radius 2 is 1.76 bits per heavy atom. The molecule has 0 spiro atoms. The van der Waals surface area contributed by atoms with Gasteiger partial charge in [-0.1, -0.05) is 0 Å². The van der Waals surface area contributed by atoms with Gasteiger partial charge >= 0.3 is 0 Å². The number of halogens is 1. The average Bonchev–Trinajstić information content (AvgIpc) is 2.85. The van der Waals surface area contributed by atoms with Crippen LogP contribution in [0.2, 0.25) is 0 Å². The summed E-state index contributed by atoms with van der Waals surface area (Å²) < 4.78 is 29.9. The Kier molecular flexibility index (Phi) is 4.85. The van der Waals surface area contributed by atoms with Crippen molar-refractivity contribution in [3.8, 4) is 11.5 Å². The van der Waals surface area contributed by atoms with E-state index in [1.54, 1.807) is 6.07 Å². The van der Waals surface area contributed by atoms with Crippen LogP contribution in [0.5, 0.6) is 11.5 Å². The quantitative estimate of drug-likeness (QED) is 0.818. The zero-order valence-corrected chi connectivity index (χ0v) is 12.8. The molecular formula is C16H20FNO3. The van der Waals surface area contributed by atoms with Crippen LogP contribution in [0.1, 0.15) is 17.1 Å². The molecule has 0 aliphatic rings. The standard InChI is InChI=1S/C16H20FNO3/c1-11-5-6-13(21-11)10-18(2)9-12-7-15(19-3)16(20-4)8-14(12)17/h5-8H,9-10H2,1-4H3. The Morgan fingerprint density at radius 1 is 1.10 bits per heavy atom. The number of hydrogen-bond acceptors (Lipinski definition) is 4. The van der Waals surface area contributed by atoms with Gasteiger partial charge in [-0.25, -0.2) is 4.39 Å². The predicted octanol–water partition coefficient (Wildman–Crippen LogP) is 3.38. The highest BCUT2D eigenvalue weighted by Gasteiger charge is 2.13. The van der Waals surface area contributed by atoms with Crippen LogP contribution in [0.4, 0.5) is 4.39 Å². The topological polar surface area (TPSA) is 34.8 Å². The van der Waals surface area contributed by atoms with E-state index in [1.807, 2.05) is 31.0 Å². The van der Waals surface area contributed by atoms with E-state index in [-0.39, 0.29) is 5.82 Å². The monoisotopic (exact) mass is 293 g/mol. The van der Waals surface area contributed by atoms with Crippen molar-refractivity contribution < 1.29 is 18.3 Å². The Bertz CT molecular complexity index is 610. The molecule has 4 nitrogen and oxygen atoms in total. The first-order chi connectivity index (χ1) is 10.0. The molecule has 0 atom stereocenters. The summed E-state index contributed by atoms with van der Waals surface area (Å²) in [5.74, 6) is 2.33. The third kappa shape index (κ3) is 3.76. The molecule has 0 saturated carbocycles. The second kappa shape index (κ2) is 6.63. The van der Waals surface area contributed by atoms with E-state index in [1.165, 1.54) is 20.3 Å². The summed E-state index contributed by atoms with van der Waals surface area (Å²) in [6, 6.07) is 6.86. The highest BCUT2D eigenvalue weighted by molar-refractivity contribution is 5.43. The summed E-state index contributed by atoms with van der Waals surface area (Å²) in [4.78, 5) is 1.97. The molecule has 0 aliphatic heterocycles. The lowest BCUT2D eigenvalue weighted by molar-refractivity contribution is 0.280. The first-order valence-electron chi connectivity index (χ1n) is 6.67. The van der Waals surface area contributed by atoms with Gasteiger partial charge < -0.3 is 13.9 Å². The minimum atomic E-state index is -0.310. The number of furan rings is 1. The highest BCUT2D eigenvalue weighted by atomic mass is 19.1. The Balaban J connectivity index is 2.11. The minimum absolute atomic E-state index is 0.310. The van der Waals surface area contributed by atoms with Crippen LogP contribution in [-0.4, -0.2) is 26.2 Å². The Labute approximate surface area is 124 Å². The van der Waals surface area contributed by atoms with E-state index >= 15 is 0 Å². The SMILES string of the molecule is COc1cc(F)c(CN(C)Cc2ccc(C)o2)cc1OC. The fourth-order valence-corrected chi connectivity index (χ4v) is 2.20. The number of hydrogen-bond donors (Lipinski definition) is 0. The van der Waals surface area contributed by atoms with Crippen molar-refractivity contribution in [1.82, 2.24) is 4.90 Å². The molecule has 2 rings (SSSR count). The number of ether oxygens (including phenoxy) is 2. The van der Waals surface area contributed by atoms with Gasteiger partial charge in [-0.15, -0.1) is 0 Å². The largest absolute Gasteiger partial charge is 0.493 e. The number of rotatable bonds is 6. The van der Waals surface area contributed by atoms with Gasteiger partial charge in [-0.05, 0) is 32.2 Å².